The number of nitrogens with zero attached hydrogens (tertiary/aromatic N) is 4. The van der Waals surface area contributed by atoms with Gasteiger partial charge in [0.1, 0.15) is 0 Å². The maximum absolute atomic E-state index is 13.2. The second-order valence-corrected chi connectivity index (χ2v) is 11.9. The maximum atomic E-state index is 13.2. The molecule has 5 rings (SSSR count). The highest BCUT2D eigenvalue weighted by molar-refractivity contribution is 7.89. The summed E-state index contributed by atoms with van der Waals surface area (Å²) in [5, 5.41) is 5.06. The maximum Gasteiger partial charge on any atom is 0.308 e. The van der Waals surface area contributed by atoms with Crippen molar-refractivity contribution >= 4 is 54.8 Å². The Balaban J connectivity index is 1.38. The average Bonchev–Trinajstić information content (AvgIpc) is 3.44. The lowest BCUT2D eigenvalue weighted by atomic mass is 10.2. The van der Waals surface area contributed by atoms with Crippen LogP contribution in [0.15, 0.2) is 80.9 Å². The third-order valence-corrected chi connectivity index (χ3v) is 8.74. The number of rotatable bonds is 7. The molecule has 0 saturated heterocycles. The van der Waals surface area contributed by atoms with Crippen molar-refractivity contribution in [3.63, 3.8) is 0 Å². The summed E-state index contributed by atoms with van der Waals surface area (Å²) in [4.78, 5) is 16.8. The first-order chi connectivity index (χ1) is 17.2. The van der Waals surface area contributed by atoms with E-state index in [2.05, 4.69) is 10.1 Å². The zero-order valence-electron chi connectivity index (χ0n) is 18.8. The van der Waals surface area contributed by atoms with Gasteiger partial charge in [-0.25, -0.2) is 8.42 Å². The molecule has 0 saturated carbocycles. The van der Waals surface area contributed by atoms with E-state index in [1.165, 1.54) is 19.2 Å². The van der Waals surface area contributed by atoms with Crippen LogP contribution < -0.4 is 4.87 Å². The number of aromatic nitrogens is 3. The number of fused-ring (bicyclic) bond motifs is 1. The Labute approximate surface area is 220 Å². The summed E-state index contributed by atoms with van der Waals surface area (Å²) in [6.45, 7) is 0.232. The molecule has 0 unspecified atom stereocenters. The average molecular weight is 561 g/mol. The third kappa shape index (κ3) is 4.95. The molecule has 2 aromatic heterocycles. The molecule has 8 nitrogen and oxygen atoms in total. The monoisotopic (exact) mass is 560 g/mol. The molecule has 0 radical (unpaired) electrons. The van der Waals surface area contributed by atoms with E-state index in [-0.39, 0.29) is 22.2 Å². The lowest BCUT2D eigenvalue weighted by Crippen LogP contribution is -2.26. The Morgan fingerprint density at radius 3 is 2.56 bits per heavy atom. The van der Waals surface area contributed by atoms with E-state index in [1.54, 1.807) is 47.0 Å². The molecule has 36 heavy (non-hydrogen) atoms. The van der Waals surface area contributed by atoms with Gasteiger partial charge in [0.15, 0.2) is 0 Å². The molecule has 2 heterocycles. The van der Waals surface area contributed by atoms with Crippen molar-refractivity contribution < 1.29 is 12.9 Å². The number of hydrogen-bond acceptors (Lipinski definition) is 7. The fourth-order valence-corrected chi connectivity index (χ4v) is 6.12. The van der Waals surface area contributed by atoms with Crippen LogP contribution in [-0.2, 0) is 23.1 Å². The van der Waals surface area contributed by atoms with Crippen molar-refractivity contribution in [1.82, 2.24) is 19.0 Å². The predicted octanol–water partition coefficient (Wildman–Crippen LogP) is 5.29. The summed E-state index contributed by atoms with van der Waals surface area (Å²) >= 11 is 13.0. The van der Waals surface area contributed by atoms with E-state index in [0.29, 0.717) is 38.2 Å². The van der Waals surface area contributed by atoms with Gasteiger partial charge in [-0.05, 0) is 48.0 Å². The van der Waals surface area contributed by atoms with Crippen LogP contribution >= 0.6 is 34.5 Å². The third-order valence-electron chi connectivity index (χ3n) is 5.51. The first-order valence-corrected chi connectivity index (χ1v) is 13.6. The first-order valence-electron chi connectivity index (χ1n) is 10.6. The van der Waals surface area contributed by atoms with Gasteiger partial charge >= 0.3 is 4.87 Å². The van der Waals surface area contributed by atoms with Gasteiger partial charge in [0.25, 0.3) is 0 Å². The highest BCUT2D eigenvalue weighted by Gasteiger charge is 2.24. The summed E-state index contributed by atoms with van der Waals surface area (Å²) in [6, 6.07) is 18.8. The van der Waals surface area contributed by atoms with Crippen molar-refractivity contribution in [1.29, 1.82) is 0 Å². The largest absolute Gasteiger partial charge is 0.338 e. The molecule has 3 aromatic carbocycles. The SMILES string of the molecule is CN(Cc1nc(-c2cccc(Cl)c2)no1)S(=O)(=O)c1ccc2c(c1)sc(=O)n2Cc1ccc(Cl)cc1. The molecule has 0 fully saturated rings. The van der Waals surface area contributed by atoms with E-state index < -0.39 is 10.0 Å². The quantitative estimate of drug-likeness (QED) is 0.268. The topological polar surface area (TPSA) is 98.3 Å². The van der Waals surface area contributed by atoms with Crippen molar-refractivity contribution in [3.05, 3.63) is 97.9 Å². The van der Waals surface area contributed by atoms with Crippen LogP contribution in [-0.4, -0.2) is 34.5 Å². The van der Waals surface area contributed by atoms with Crippen LogP contribution in [0.2, 0.25) is 10.0 Å². The van der Waals surface area contributed by atoms with Gasteiger partial charge in [-0.3, -0.25) is 9.36 Å². The predicted molar refractivity (Wildman–Crippen MR) is 140 cm³/mol. The first kappa shape index (κ1) is 24.7. The van der Waals surface area contributed by atoms with Crippen LogP contribution in [0, 0.1) is 0 Å². The fourth-order valence-electron chi connectivity index (χ4n) is 3.65. The summed E-state index contributed by atoms with van der Waals surface area (Å²) in [6.07, 6.45) is 0. The smallest absolute Gasteiger partial charge is 0.308 e. The van der Waals surface area contributed by atoms with Crippen molar-refractivity contribution in [2.24, 2.45) is 0 Å². The molecule has 0 aliphatic carbocycles. The van der Waals surface area contributed by atoms with Crippen LogP contribution in [0.25, 0.3) is 21.6 Å². The van der Waals surface area contributed by atoms with Crippen LogP contribution in [0.3, 0.4) is 0 Å². The molecule has 0 spiro atoms. The van der Waals surface area contributed by atoms with Gasteiger partial charge in [-0.1, -0.05) is 64.0 Å². The lowest BCUT2D eigenvalue weighted by molar-refractivity contribution is 0.337. The molecule has 184 valence electrons. The lowest BCUT2D eigenvalue weighted by Gasteiger charge is -2.15. The number of benzene rings is 3. The van der Waals surface area contributed by atoms with E-state index in [4.69, 9.17) is 27.7 Å². The van der Waals surface area contributed by atoms with Gasteiger partial charge in [-0.15, -0.1) is 0 Å². The van der Waals surface area contributed by atoms with Crippen LogP contribution in [0.4, 0.5) is 0 Å². The minimum atomic E-state index is -3.89. The van der Waals surface area contributed by atoms with Gasteiger partial charge < -0.3 is 4.52 Å². The van der Waals surface area contributed by atoms with E-state index in [9.17, 15) is 13.2 Å². The molecule has 5 aromatic rings. The summed E-state index contributed by atoms with van der Waals surface area (Å²) in [5.74, 6) is 0.447. The molecule has 0 aliphatic rings. The molecule has 12 heteroatoms. The Hall–Kier alpha value is -3.02. The number of sulfonamides is 1. The van der Waals surface area contributed by atoms with Gasteiger partial charge in [0, 0.05) is 22.7 Å². The summed E-state index contributed by atoms with van der Waals surface area (Å²) < 4.78 is 35.0. The fraction of sp³-hybridized carbons (Fsp3) is 0.125. The number of hydrogen-bond donors (Lipinski definition) is 0. The van der Waals surface area contributed by atoms with Crippen LogP contribution in [0.5, 0.6) is 0 Å². The normalized spacial score (nSPS) is 12.0. The van der Waals surface area contributed by atoms with E-state index in [0.717, 1.165) is 21.2 Å². The second-order valence-electron chi connectivity index (χ2n) is 7.99. The summed E-state index contributed by atoms with van der Waals surface area (Å²) in [5.41, 5.74) is 2.23. The van der Waals surface area contributed by atoms with E-state index >= 15 is 0 Å². The standard InChI is InChI=1S/C24H18Cl2N4O4S2/c1-29(14-22-27-23(28-34-22)16-3-2-4-18(26)11-16)36(32,33)19-9-10-20-21(12-19)35-24(31)30(20)13-15-5-7-17(25)8-6-15/h2-12H,13-14H2,1H3. The van der Waals surface area contributed by atoms with E-state index in [1.807, 2.05) is 12.1 Å². The summed E-state index contributed by atoms with van der Waals surface area (Å²) in [7, 11) is -2.47. The van der Waals surface area contributed by atoms with Crippen molar-refractivity contribution in [2.45, 2.75) is 18.0 Å². The molecule has 0 bridgehead atoms. The van der Waals surface area contributed by atoms with Gasteiger partial charge in [0.05, 0.1) is 28.2 Å². The van der Waals surface area contributed by atoms with Crippen LogP contribution in [0.1, 0.15) is 11.5 Å². The Kier molecular flexibility index (Phi) is 6.71. The Bertz CT molecular complexity index is 1730. The van der Waals surface area contributed by atoms with Gasteiger partial charge in [0.2, 0.25) is 21.7 Å². The van der Waals surface area contributed by atoms with Crippen molar-refractivity contribution in [2.75, 3.05) is 7.05 Å². The highest BCUT2D eigenvalue weighted by Crippen LogP contribution is 2.26. The Morgan fingerprint density at radius 2 is 1.81 bits per heavy atom. The molecular weight excluding hydrogens is 543 g/mol. The zero-order valence-corrected chi connectivity index (χ0v) is 21.9. The molecule has 0 amide bonds. The zero-order chi connectivity index (χ0) is 25.4. The van der Waals surface area contributed by atoms with Gasteiger partial charge in [-0.2, -0.15) is 9.29 Å². The number of thiazole rings is 1. The molecular formula is C24H18Cl2N4O4S2. The molecule has 0 N–H and O–H groups in total. The second kappa shape index (κ2) is 9.79. The minimum absolute atomic E-state index is 0.0620. The van der Waals surface area contributed by atoms with Crippen molar-refractivity contribution in [3.8, 4) is 11.4 Å². The molecule has 0 aliphatic heterocycles. The molecule has 0 atom stereocenters. The Morgan fingerprint density at radius 1 is 1.03 bits per heavy atom. The minimum Gasteiger partial charge on any atom is -0.338 e. The highest BCUT2D eigenvalue weighted by atomic mass is 35.5. The number of halogens is 2.